The Morgan fingerprint density at radius 3 is 2.29 bits per heavy atom. The zero-order chi connectivity index (χ0) is 5.86. The SMILES string of the molecule is C=C(C)N(C)C=O. The number of amides is 1. The molecule has 0 rings (SSSR count). The zero-order valence-corrected chi connectivity index (χ0v) is 4.64. The van der Waals surface area contributed by atoms with Crippen LogP contribution in [-0.2, 0) is 4.79 Å². The molecule has 0 aliphatic carbocycles. The molecule has 0 spiro atoms. The van der Waals surface area contributed by atoms with Gasteiger partial charge in [-0.25, -0.2) is 0 Å². The summed E-state index contributed by atoms with van der Waals surface area (Å²) in [4.78, 5) is 11.2. The molecular formula is C5H9NO. The summed E-state index contributed by atoms with van der Waals surface area (Å²) in [5.74, 6) is 0. The quantitative estimate of drug-likeness (QED) is 0.464. The van der Waals surface area contributed by atoms with Gasteiger partial charge in [0, 0.05) is 12.7 Å². The summed E-state index contributed by atoms with van der Waals surface area (Å²) >= 11 is 0. The average molecular weight is 99.1 g/mol. The van der Waals surface area contributed by atoms with Crippen LogP contribution in [0.25, 0.3) is 0 Å². The van der Waals surface area contributed by atoms with Gasteiger partial charge in [0.25, 0.3) is 0 Å². The molecule has 2 heteroatoms. The first kappa shape index (κ1) is 6.21. The Balaban J connectivity index is 3.55. The minimum Gasteiger partial charge on any atom is -0.323 e. The first-order valence-electron chi connectivity index (χ1n) is 2.02. The number of carbonyl (C=O) groups is 1. The molecule has 0 saturated heterocycles. The number of nitrogens with zero attached hydrogens (tertiary/aromatic N) is 1. The summed E-state index contributed by atoms with van der Waals surface area (Å²) in [7, 11) is 1.66. The van der Waals surface area contributed by atoms with E-state index in [4.69, 9.17) is 0 Å². The normalized spacial score (nSPS) is 7.71. The predicted octanol–water partition coefficient (Wildman–Crippen LogP) is 0.608. The third kappa shape index (κ3) is 1.98. The maximum atomic E-state index is 9.81. The van der Waals surface area contributed by atoms with Crippen LogP contribution in [0.2, 0.25) is 0 Å². The molecule has 0 heterocycles. The van der Waals surface area contributed by atoms with Crippen molar-refractivity contribution in [2.75, 3.05) is 7.05 Å². The summed E-state index contributed by atoms with van der Waals surface area (Å²) in [6, 6.07) is 0. The number of carbonyl (C=O) groups excluding carboxylic acids is 1. The lowest BCUT2D eigenvalue weighted by molar-refractivity contribution is -0.115. The van der Waals surface area contributed by atoms with Crippen LogP contribution in [0.4, 0.5) is 0 Å². The van der Waals surface area contributed by atoms with Crippen molar-refractivity contribution in [2.45, 2.75) is 6.92 Å². The van der Waals surface area contributed by atoms with Gasteiger partial charge in [-0.15, -0.1) is 0 Å². The Kier molecular flexibility index (Phi) is 2.12. The summed E-state index contributed by atoms with van der Waals surface area (Å²) in [5, 5.41) is 0. The van der Waals surface area contributed by atoms with Crippen LogP contribution in [0.5, 0.6) is 0 Å². The lowest BCUT2D eigenvalue weighted by Gasteiger charge is -2.06. The average Bonchev–Trinajstić information content (AvgIpc) is 1.65. The van der Waals surface area contributed by atoms with E-state index in [0.717, 1.165) is 12.1 Å². The van der Waals surface area contributed by atoms with Gasteiger partial charge in [0.1, 0.15) is 0 Å². The number of hydrogen-bond acceptors (Lipinski definition) is 1. The van der Waals surface area contributed by atoms with Gasteiger partial charge in [-0.2, -0.15) is 0 Å². The first-order valence-corrected chi connectivity index (χ1v) is 2.02. The lowest BCUT2D eigenvalue weighted by atomic mass is 10.5. The Morgan fingerprint density at radius 2 is 2.29 bits per heavy atom. The van der Waals surface area contributed by atoms with E-state index in [-0.39, 0.29) is 0 Å². The maximum absolute atomic E-state index is 9.81. The van der Waals surface area contributed by atoms with E-state index in [1.54, 1.807) is 14.0 Å². The molecule has 0 aliphatic rings. The van der Waals surface area contributed by atoms with Gasteiger partial charge >= 0.3 is 0 Å². The van der Waals surface area contributed by atoms with Crippen molar-refractivity contribution in [2.24, 2.45) is 0 Å². The van der Waals surface area contributed by atoms with Gasteiger partial charge < -0.3 is 4.90 Å². The van der Waals surface area contributed by atoms with E-state index in [0.29, 0.717) is 0 Å². The Bertz CT molecular complexity index is 88.1. The van der Waals surface area contributed by atoms with Crippen molar-refractivity contribution in [3.8, 4) is 0 Å². The zero-order valence-electron chi connectivity index (χ0n) is 4.64. The molecule has 1 amide bonds. The molecule has 40 valence electrons. The molecule has 0 unspecified atom stereocenters. The van der Waals surface area contributed by atoms with Crippen LogP contribution in [-0.4, -0.2) is 18.4 Å². The van der Waals surface area contributed by atoms with Crippen LogP contribution >= 0.6 is 0 Å². The first-order chi connectivity index (χ1) is 3.18. The molecule has 0 aromatic rings. The molecule has 0 N–H and O–H groups in total. The van der Waals surface area contributed by atoms with Crippen molar-refractivity contribution >= 4 is 6.41 Å². The van der Waals surface area contributed by atoms with Crippen LogP contribution in [0, 0.1) is 0 Å². The van der Waals surface area contributed by atoms with Gasteiger partial charge in [0.2, 0.25) is 6.41 Å². The minimum absolute atomic E-state index is 0.725. The molecular weight excluding hydrogens is 90.1 g/mol. The van der Waals surface area contributed by atoms with E-state index in [1.807, 2.05) is 0 Å². The smallest absolute Gasteiger partial charge is 0.213 e. The fourth-order valence-corrected chi connectivity index (χ4v) is 0.0900. The van der Waals surface area contributed by atoms with Gasteiger partial charge in [0.05, 0.1) is 0 Å². The number of hydrogen-bond donors (Lipinski definition) is 0. The second-order valence-electron chi connectivity index (χ2n) is 1.45. The summed E-state index contributed by atoms with van der Waals surface area (Å²) in [5.41, 5.74) is 0.759. The summed E-state index contributed by atoms with van der Waals surface area (Å²) in [6.45, 7) is 5.29. The van der Waals surface area contributed by atoms with Crippen molar-refractivity contribution in [1.82, 2.24) is 4.90 Å². The Labute approximate surface area is 43.4 Å². The van der Waals surface area contributed by atoms with Gasteiger partial charge in [-0.3, -0.25) is 4.79 Å². The highest BCUT2D eigenvalue weighted by Gasteiger charge is 1.87. The van der Waals surface area contributed by atoms with Crippen molar-refractivity contribution in [3.05, 3.63) is 12.3 Å². The van der Waals surface area contributed by atoms with Crippen molar-refractivity contribution in [3.63, 3.8) is 0 Å². The van der Waals surface area contributed by atoms with E-state index in [1.165, 1.54) is 4.90 Å². The van der Waals surface area contributed by atoms with Crippen LogP contribution in [0.15, 0.2) is 12.3 Å². The van der Waals surface area contributed by atoms with Gasteiger partial charge in [-0.1, -0.05) is 6.58 Å². The van der Waals surface area contributed by atoms with Gasteiger partial charge in [0.15, 0.2) is 0 Å². The molecule has 0 fully saturated rings. The topological polar surface area (TPSA) is 20.3 Å². The number of allylic oxidation sites excluding steroid dienone is 1. The van der Waals surface area contributed by atoms with Crippen molar-refractivity contribution in [1.29, 1.82) is 0 Å². The second-order valence-corrected chi connectivity index (χ2v) is 1.45. The molecule has 7 heavy (non-hydrogen) atoms. The number of rotatable bonds is 2. The Hall–Kier alpha value is -0.790. The molecule has 0 radical (unpaired) electrons. The lowest BCUT2D eigenvalue weighted by Crippen LogP contribution is -2.11. The second kappa shape index (κ2) is 2.39. The third-order valence-corrected chi connectivity index (χ3v) is 0.760. The fraction of sp³-hybridized carbons (Fsp3) is 0.400. The van der Waals surface area contributed by atoms with Crippen LogP contribution in [0.3, 0.4) is 0 Å². The molecule has 0 aromatic carbocycles. The van der Waals surface area contributed by atoms with Gasteiger partial charge in [-0.05, 0) is 6.92 Å². The molecule has 0 atom stereocenters. The highest BCUT2D eigenvalue weighted by Crippen LogP contribution is 1.87. The van der Waals surface area contributed by atoms with E-state index >= 15 is 0 Å². The van der Waals surface area contributed by atoms with Crippen LogP contribution < -0.4 is 0 Å². The summed E-state index contributed by atoms with van der Waals surface area (Å²) in [6.07, 6.45) is 0.725. The monoisotopic (exact) mass is 99.1 g/mol. The molecule has 0 saturated carbocycles. The molecule has 2 nitrogen and oxygen atoms in total. The predicted molar refractivity (Wildman–Crippen MR) is 28.6 cm³/mol. The Morgan fingerprint density at radius 1 is 1.86 bits per heavy atom. The van der Waals surface area contributed by atoms with E-state index in [2.05, 4.69) is 6.58 Å². The van der Waals surface area contributed by atoms with E-state index < -0.39 is 0 Å². The third-order valence-electron chi connectivity index (χ3n) is 0.760. The fourth-order valence-electron chi connectivity index (χ4n) is 0.0900. The minimum atomic E-state index is 0.725. The standard InChI is InChI=1S/C5H9NO/c1-5(2)6(3)4-7/h4H,1H2,2-3H3. The summed E-state index contributed by atoms with van der Waals surface area (Å²) < 4.78 is 0. The maximum Gasteiger partial charge on any atom is 0.213 e. The highest BCUT2D eigenvalue weighted by atomic mass is 16.1. The molecule has 0 bridgehead atoms. The van der Waals surface area contributed by atoms with E-state index in [9.17, 15) is 4.79 Å². The molecule has 0 aliphatic heterocycles. The molecule has 0 aromatic heterocycles. The van der Waals surface area contributed by atoms with Crippen LogP contribution in [0.1, 0.15) is 6.92 Å². The largest absolute Gasteiger partial charge is 0.323 e. The van der Waals surface area contributed by atoms with Crippen molar-refractivity contribution < 1.29 is 4.79 Å². The highest BCUT2D eigenvalue weighted by molar-refractivity contribution is 5.49.